The molecule has 16 heavy (non-hydrogen) atoms. The molecule has 1 aliphatic heterocycles. The van der Waals surface area contributed by atoms with Crippen molar-refractivity contribution in [2.75, 3.05) is 18.8 Å². The van der Waals surface area contributed by atoms with E-state index in [0.29, 0.717) is 11.4 Å². The lowest BCUT2D eigenvalue weighted by atomic mass is 9.94. The van der Waals surface area contributed by atoms with Crippen molar-refractivity contribution in [1.82, 2.24) is 5.32 Å². The lowest BCUT2D eigenvalue weighted by molar-refractivity contribution is 0.0561. The zero-order chi connectivity index (χ0) is 11.6. The van der Waals surface area contributed by atoms with E-state index in [1.165, 1.54) is 18.2 Å². The van der Waals surface area contributed by atoms with Crippen molar-refractivity contribution in [2.45, 2.75) is 25.4 Å². The molecule has 1 fully saturated rings. The summed E-state index contributed by atoms with van der Waals surface area (Å²) in [6, 6.07) is 4.23. The van der Waals surface area contributed by atoms with Gasteiger partial charge in [-0.05, 0) is 45.0 Å². The highest BCUT2D eigenvalue weighted by Crippen LogP contribution is 2.30. The second-order valence-electron chi connectivity index (χ2n) is 4.48. The van der Waals surface area contributed by atoms with E-state index in [1.807, 2.05) is 6.92 Å². The van der Waals surface area contributed by atoms with Crippen molar-refractivity contribution >= 4 is 5.69 Å². The van der Waals surface area contributed by atoms with Crippen LogP contribution in [0.1, 0.15) is 19.8 Å². The Hall–Kier alpha value is -1.29. The molecular formula is C12H17FN2O. The van der Waals surface area contributed by atoms with Crippen LogP contribution in [0.2, 0.25) is 0 Å². The summed E-state index contributed by atoms with van der Waals surface area (Å²) in [4.78, 5) is 0. The van der Waals surface area contributed by atoms with Crippen LogP contribution in [0.3, 0.4) is 0 Å². The fourth-order valence-corrected chi connectivity index (χ4v) is 1.92. The second-order valence-corrected chi connectivity index (χ2v) is 4.48. The average molecular weight is 224 g/mol. The maximum Gasteiger partial charge on any atom is 0.145 e. The number of rotatable bonds is 2. The molecule has 0 bridgehead atoms. The largest absolute Gasteiger partial charge is 0.485 e. The number of nitrogen functional groups attached to an aromatic ring is 1. The van der Waals surface area contributed by atoms with Gasteiger partial charge < -0.3 is 15.8 Å². The van der Waals surface area contributed by atoms with E-state index in [4.69, 9.17) is 10.5 Å². The molecule has 3 N–H and O–H groups in total. The topological polar surface area (TPSA) is 47.3 Å². The van der Waals surface area contributed by atoms with E-state index in [9.17, 15) is 4.39 Å². The first-order valence-electron chi connectivity index (χ1n) is 5.54. The summed E-state index contributed by atoms with van der Waals surface area (Å²) in [6.07, 6.45) is 1.81. The van der Waals surface area contributed by atoms with Gasteiger partial charge in [0.2, 0.25) is 0 Å². The molecule has 0 spiro atoms. The summed E-state index contributed by atoms with van der Waals surface area (Å²) in [6.45, 7) is 3.88. The number of nitrogens with one attached hydrogen (secondary N) is 1. The van der Waals surface area contributed by atoms with Crippen molar-refractivity contribution in [3.8, 4) is 5.75 Å². The molecular weight excluding hydrogens is 207 g/mol. The minimum Gasteiger partial charge on any atom is -0.485 e. The Labute approximate surface area is 94.8 Å². The third-order valence-electron chi connectivity index (χ3n) is 2.99. The third-order valence-corrected chi connectivity index (χ3v) is 2.99. The number of hydrogen-bond acceptors (Lipinski definition) is 3. The molecule has 0 atom stereocenters. The summed E-state index contributed by atoms with van der Waals surface area (Å²) in [5, 5.41) is 3.27. The smallest absolute Gasteiger partial charge is 0.145 e. The fourth-order valence-electron chi connectivity index (χ4n) is 1.92. The monoisotopic (exact) mass is 224 g/mol. The molecule has 88 valence electrons. The lowest BCUT2D eigenvalue weighted by Crippen LogP contribution is -2.43. The molecule has 1 aromatic rings. The first-order chi connectivity index (χ1) is 7.59. The number of piperidine rings is 1. The van der Waals surface area contributed by atoms with Crippen LogP contribution in [0.15, 0.2) is 18.2 Å². The molecule has 2 rings (SSSR count). The first-order valence-corrected chi connectivity index (χ1v) is 5.54. The van der Waals surface area contributed by atoms with Crippen molar-refractivity contribution < 1.29 is 9.13 Å². The summed E-state index contributed by atoms with van der Waals surface area (Å²) in [7, 11) is 0. The van der Waals surface area contributed by atoms with Crippen molar-refractivity contribution in [1.29, 1.82) is 0 Å². The van der Waals surface area contributed by atoms with E-state index >= 15 is 0 Å². The molecule has 1 heterocycles. The standard InChI is InChI=1S/C12H17FN2O/c1-12(4-6-15-7-5-12)16-11-8-9(13)2-3-10(11)14/h2-3,8,15H,4-7,14H2,1H3. The second kappa shape index (κ2) is 4.29. The first kappa shape index (κ1) is 11.2. The minimum atomic E-state index is -0.318. The summed E-state index contributed by atoms with van der Waals surface area (Å²) < 4.78 is 18.9. The van der Waals surface area contributed by atoms with Gasteiger partial charge in [0.05, 0.1) is 5.69 Å². The van der Waals surface area contributed by atoms with Gasteiger partial charge in [-0.25, -0.2) is 4.39 Å². The van der Waals surface area contributed by atoms with E-state index in [-0.39, 0.29) is 11.4 Å². The highest BCUT2D eigenvalue weighted by Gasteiger charge is 2.29. The maximum absolute atomic E-state index is 13.1. The van der Waals surface area contributed by atoms with Gasteiger partial charge in [0, 0.05) is 6.07 Å². The molecule has 4 heteroatoms. The Morgan fingerprint density at radius 1 is 1.38 bits per heavy atom. The molecule has 3 nitrogen and oxygen atoms in total. The minimum absolute atomic E-state index is 0.243. The van der Waals surface area contributed by atoms with Crippen LogP contribution in [-0.2, 0) is 0 Å². The predicted octanol–water partition coefficient (Wildman–Crippen LogP) is 1.93. The Balaban J connectivity index is 2.15. The lowest BCUT2D eigenvalue weighted by Gasteiger charge is -2.35. The molecule has 0 aliphatic carbocycles. The normalized spacial score (nSPS) is 19.4. The maximum atomic E-state index is 13.1. The molecule has 0 aromatic heterocycles. The van der Waals surface area contributed by atoms with Crippen molar-refractivity contribution in [3.05, 3.63) is 24.0 Å². The van der Waals surface area contributed by atoms with Gasteiger partial charge in [-0.1, -0.05) is 0 Å². The molecule has 1 aliphatic rings. The number of ether oxygens (including phenoxy) is 1. The molecule has 0 unspecified atom stereocenters. The number of halogens is 1. The van der Waals surface area contributed by atoms with E-state index in [2.05, 4.69) is 5.32 Å². The Morgan fingerprint density at radius 3 is 2.75 bits per heavy atom. The Bertz CT molecular complexity index is 375. The quantitative estimate of drug-likeness (QED) is 0.755. The van der Waals surface area contributed by atoms with Gasteiger partial charge in [0.25, 0.3) is 0 Å². The van der Waals surface area contributed by atoms with E-state index < -0.39 is 0 Å². The third kappa shape index (κ3) is 2.44. The Kier molecular flexibility index (Phi) is 3.01. The zero-order valence-corrected chi connectivity index (χ0v) is 9.42. The van der Waals surface area contributed by atoms with E-state index in [1.54, 1.807) is 0 Å². The number of nitrogens with two attached hydrogens (primary N) is 1. The van der Waals surface area contributed by atoms with Gasteiger partial charge in [0.15, 0.2) is 0 Å². The van der Waals surface area contributed by atoms with Crippen molar-refractivity contribution in [3.63, 3.8) is 0 Å². The number of anilines is 1. The zero-order valence-electron chi connectivity index (χ0n) is 9.42. The molecule has 1 saturated heterocycles. The molecule has 1 aromatic carbocycles. The van der Waals surface area contributed by atoms with Gasteiger partial charge >= 0.3 is 0 Å². The predicted molar refractivity (Wildman–Crippen MR) is 61.9 cm³/mol. The van der Waals surface area contributed by atoms with Gasteiger partial charge in [-0.15, -0.1) is 0 Å². The van der Waals surface area contributed by atoms with Crippen LogP contribution in [-0.4, -0.2) is 18.7 Å². The highest BCUT2D eigenvalue weighted by atomic mass is 19.1. The van der Waals surface area contributed by atoms with Crippen LogP contribution >= 0.6 is 0 Å². The summed E-state index contributed by atoms with van der Waals surface area (Å²) in [5.41, 5.74) is 6.00. The SMILES string of the molecule is CC1(Oc2cc(F)ccc2N)CCNCC1. The average Bonchev–Trinajstić information content (AvgIpc) is 2.24. The fraction of sp³-hybridized carbons (Fsp3) is 0.500. The highest BCUT2D eigenvalue weighted by molar-refractivity contribution is 5.52. The van der Waals surface area contributed by atoms with Crippen LogP contribution in [0, 0.1) is 5.82 Å². The molecule has 0 saturated carbocycles. The van der Waals surface area contributed by atoms with Gasteiger partial charge in [0.1, 0.15) is 17.2 Å². The molecule has 0 radical (unpaired) electrons. The van der Waals surface area contributed by atoms with Crippen LogP contribution in [0.25, 0.3) is 0 Å². The van der Waals surface area contributed by atoms with Gasteiger partial charge in [-0.2, -0.15) is 0 Å². The van der Waals surface area contributed by atoms with E-state index in [0.717, 1.165) is 25.9 Å². The number of hydrogen-bond donors (Lipinski definition) is 2. The van der Waals surface area contributed by atoms with Crippen LogP contribution < -0.4 is 15.8 Å². The van der Waals surface area contributed by atoms with Gasteiger partial charge in [-0.3, -0.25) is 0 Å². The van der Waals surface area contributed by atoms with Crippen LogP contribution in [0.4, 0.5) is 10.1 Å². The number of benzene rings is 1. The summed E-state index contributed by atoms with van der Waals surface area (Å²) in [5.74, 6) is 0.131. The Morgan fingerprint density at radius 2 is 2.06 bits per heavy atom. The summed E-state index contributed by atoms with van der Waals surface area (Å²) >= 11 is 0. The molecule has 0 amide bonds. The van der Waals surface area contributed by atoms with Crippen LogP contribution in [0.5, 0.6) is 5.75 Å². The van der Waals surface area contributed by atoms with Crippen molar-refractivity contribution in [2.24, 2.45) is 0 Å².